The SMILES string of the molecule is Cc1cc(-c2ccccc2)c(C(=O)O)c(=O)n1C. The lowest BCUT2D eigenvalue weighted by Gasteiger charge is -2.10. The van der Waals surface area contributed by atoms with Gasteiger partial charge >= 0.3 is 5.97 Å². The fraction of sp³-hybridized carbons (Fsp3) is 0.143. The van der Waals surface area contributed by atoms with Crippen molar-refractivity contribution in [2.45, 2.75) is 6.92 Å². The van der Waals surface area contributed by atoms with Crippen LogP contribution in [0.3, 0.4) is 0 Å². The molecule has 0 aliphatic rings. The molecule has 2 rings (SSSR count). The number of pyridine rings is 1. The number of hydrogen-bond donors (Lipinski definition) is 1. The minimum atomic E-state index is -1.20. The van der Waals surface area contributed by atoms with Gasteiger partial charge in [0.05, 0.1) is 0 Å². The van der Waals surface area contributed by atoms with Gasteiger partial charge in [-0.1, -0.05) is 30.3 Å². The van der Waals surface area contributed by atoms with Crippen LogP contribution in [-0.4, -0.2) is 15.6 Å². The van der Waals surface area contributed by atoms with Gasteiger partial charge in [-0.3, -0.25) is 4.79 Å². The van der Waals surface area contributed by atoms with Crippen LogP contribution in [0.1, 0.15) is 16.1 Å². The quantitative estimate of drug-likeness (QED) is 0.878. The Bertz CT molecular complexity index is 657. The standard InChI is InChI=1S/C14H13NO3/c1-9-8-11(10-6-4-3-5-7-10)12(14(17)18)13(16)15(9)2/h3-8H,1-2H3,(H,17,18). The summed E-state index contributed by atoms with van der Waals surface area (Å²) in [5.41, 5.74) is 1.25. The van der Waals surface area contributed by atoms with Gasteiger partial charge in [0.15, 0.2) is 0 Å². The molecule has 0 unspecified atom stereocenters. The predicted octanol–water partition coefficient (Wildman–Crippen LogP) is 2.06. The van der Waals surface area contributed by atoms with Crippen molar-refractivity contribution in [1.82, 2.24) is 4.57 Å². The van der Waals surface area contributed by atoms with Crippen LogP contribution in [0.2, 0.25) is 0 Å². The van der Waals surface area contributed by atoms with Crippen LogP contribution < -0.4 is 5.56 Å². The highest BCUT2D eigenvalue weighted by Gasteiger charge is 2.18. The van der Waals surface area contributed by atoms with Crippen molar-refractivity contribution < 1.29 is 9.90 Å². The molecule has 0 saturated carbocycles. The average molecular weight is 243 g/mol. The molecule has 4 nitrogen and oxygen atoms in total. The first-order valence-electron chi connectivity index (χ1n) is 5.51. The van der Waals surface area contributed by atoms with Crippen molar-refractivity contribution in [3.05, 3.63) is 58.0 Å². The number of carboxylic acids is 1. The van der Waals surface area contributed by atoms with Gasteiger partial charge < -0.3 is 9.67 Å². The number of carbonyl (C=O) groups is 1. The molecule has 4 heteroatoms. The van der Waals surface area contributed by atoms with Gasteiger partial charge in [-0.05, 0) is 18.6 Å². The molecule has 0 aliphatic heterocycles. The molecule has 2 aromatic rings. The molecule has 1 N–H and O–H groups in total. The Morgan fingerprint density at radius 3 is 2.39 bits per heavy atom. The smallest absolute Gasteiger partial charge is 0.341 e. The molecular weight excluding hydrogens is 230 g/mol. The monoisotopic (exact) mass is 243 g/mol. The number of aromatic nitrogens is 1. The molecule has 0 spiro atoms. The van der Waals surface area contributed by atoms with Crippen LogP contribution in [0.4, 0.5) is 0 Å². The fourth-order valence-electron chi connectivity index (χ4n) is 1.87. The number of benzene rings is 1. The second-order valence-corrected chi connectivity index (χ2v) is 4.11. The second-order valence-electron chi connectivity index (χ2n) is 4.11. The Labute approximate surface area is 104 Å². The first-order valence-corrected chi connectivity index (χ1v) is 5.51. The summed E-state index contributed by atoms with van der Waals surface area (Å²) in [5.74, 6) is -1.20. The van der Waals surface area contributed by atoms with Crippen LogP contribution >= 0.6 is 0 Å². The van der Waals surface area contributed by atoms with Crippen molar-refractivity contribution in [2.75, 3.05) is 0 Å². The lowest BCUT2D eigenvalue weighted by atomic mass is 10.0. The van der Waals surface area contributed by atoms with E-state index < -0.39 is 11.5 Å². The summed E-state index contributed by atoms with van der Waals surface area (Å²) >= 11 is 0. The predicted molar refractivity (Wildman–Crippen MR) is 68.8 cm³/mol. The van der Waals surface area contributed by atoms with E-state index in [0.717, 1.165) is 11.3 Å². The summed E-state index contributed by atoms with van der Waals surface area (Å²) in [6.45, 7) is 1.78. The van der Waals surface area contributed by atoms with Crippen molar-refractivity contribution in [3.63, 3.8) is 0 Å². The second kappa shape index (κ2) is 4.49. The minimum absolute atomic E-state index is 0.186. The summed E-state index contributed by atoms with van der Waals surface area (Å²) in [5, 5.41) is 9.21. The van der Waals surface area contributed by atoms with Crippen molar-refractivity contribution in [1.29, 1.82) is 0 Å². The Morgan fingerprint density at radius 2 is 1.83 bits per heavy atom. The number of carboxylic acid groups (broad SMARTS) is 1. The van der Waals surface area contributed by atoms with E-state index in [0.29, 0.717) is 5.56 Å². The van der Waals surface area contributed by atoms with E-state index in [9.17, 15) is 14.7 Å². The van der Waals surface area contributed by atoms with Crippen LogP contribution in [0.5, 0.6) is 0 Å². The largest absolute Gasteiger partial charge is 0.477 e. The molecule has 1 aromatic heterocycles. The first kappa shape index (κ1) is 12.1. The van der Waals surface area contributed by atoms with Gasteiger partial charge in [-0.2, -0.15) is 0 Å². The molecule has 1 heterocycles. The zero-order valence-corrected chi connectivity index (χ0v) is 10.2. The summed E-state index contributed by atoms with van der Waals surface area (Å²) in [6.07, 6.45) is 0. The van der Waals surface area contributed by atoms with Crippen LogP contribution in [0, 0.1) is 6.92 Å². The van der Waals surface area contributed by atoms with Crippen molar-refractivity contribution in [3.8, 4) is 11.1 Å². The van der Waals surface area contributed by atoms with Crippen molar-refractivity contribution >= 4 is 5.97 Å². The van der Waals surface area contributed by atoms with E-state index in [-0.39, 0.29) is 5.56 Å². The summed E-state index contributed by atoms with van der Waals surface area (Å²) < 4.78 is 1.34. The Balaban J connectivity index is 2.83. The summed E-state index contributed by atoms with van der Waals surface area (Å²) in [4.78, 5) is 23.3. The van der Waals surface area contributed by atoms with Crippen molar-refractivity contribution in [2.24, 2.45) is 7.05 Å². The fourth-order valence-corrected chi connectivity index (χ4v) is 1.87. The topological polar surface area (TPSA) is 59.3 Å². The lowest BCUT2D eigenvalue weighted by Crippen LogP contribution is -2.26. The van der Waals surface area contributed by atoms with Crippen LogP contribution in [0.25, 0.3) is 11.1 Å². The van der Waals surface area contributed by atoms with E-state index in [1.807, 2.05) is 18.2 Å². The van der Waals surface area contributed by atoms with Gasteiger partial charge in [0.25, 0.3) is 5.56 Å². The highest BCUT2D eigenvalue weighted by Crippen LogP contribution is 2.22. The maximum atomic E-state index is 12.0. The van der Waals surface area contributed by atoms with Gasteiger partial charge in [0, 0.05) is 18.3 Å². The number of nitrogens with zero attached hydrogens (tertiary/aromatic N) is 1. The van der Waals surface area contributed by atoms with Gasteiger partial charge in [-0.25, -0.2) is 4.79 Å². The number of hydrogen-bond acceptors (Lipinski definition) is 2. The molecule has 0 fully saturated rings. The molecule has 92 valence electrons. The molecule has 0 bridgehead atoms. The van der Waals surface area contributed by atoms with E-state index in [1.165, 1.54) is 4.57 Å². The van der Waals surface area contributed by atoms with Crippen LogP contribution in [-0.2, 0) is 7.05 Å². The average Bonchev–Trinajstić information content (AvgIpc) is 2.36. The Kier molecular flexibility index (Phi) is 3.02. The molecule has 18 heavy (non-hydrogen) atoms. The molecule has 1 aromatic carbocycles. The number of aryl methyl sites for hydroxylation is 1. The lowest BCUT2D eigenvalue weighted by molar-refractivity contribution is 0.0695. The molecule has 0 aliphatic carbocycles. The Hall–Kier alpha value is -2.36. The maximum Gasteiger partial charge on any atom is 0.341 e. The molecule has 0 radical (unpaired) electrons. The third kappa shape index (κ3) is 1.93. The summed E-state index contributed by atoms with van der Waals surface area (Å²) in [7, 11) is 1.57. The normalized spacial score (nSPS) is 10.3. The van der Waals surface area contributed by atoms with E-state index in [1.54, 1.807) is 32.2 Å². The van der Waals surface area contributed by atoms with E-state index in [2.05, 4.69) is 0 Å². The number of rotatable bonds is 2. The third-order valence-electron chi connectivity index (χ3n) is 2.97. The minimum Gasteiger partial charge on any atom is -0.477 e. The molecule has 0 saturated heterocycles. The Morgan fingerprint density at radius 1 is 1.22 bits per heavy atom. The molecular formula is C14H13NO3. The first-order chi connectivity index (χ1) is 8.52. The van der Waals surface area contributed by atoms with E-state index in [4.69, 9.17) is 0 Å². The number of aromatic carboxylic acids is 1. The van der Waals surface area contributed by atoms with E-state index >= 15 is 0 Å². The maximum absolute atomic E-state index is 12.0. The van der Waals surface area contributed by atoms with Gasteiger partial charge in [0.1, 0.15) is 5.56 Å². The third-order valence-corrected chi connectivity index (χ3v) is 2.97. The zero-order valence-electron chi connectivity index (χ0n) is 10.2. The van der Waals surface area contributed by atoms with Gasteiger partial charge in [-0.15, -0.1) is 0 Å². The molecule has 0 amide bonds. The summed E-state index contributed by atoms with van der Waals surface area (Å²) in [6, 6.07) is 10.8. The zero-order chi connectivity index (χ0) is 13.3. The molecule has 0 atom stereocenters. The van der Waals surface area contributed by atoms with Gasteiger partial charge in [0.2, 0.25) is 0 Å². The highest BCUT2D eigenvalue weighted by molar-refractivity contribution is 5.95. The highest BCUT2D eigenvalue weighted by atomic mass is 16.4. The van der Waals surface area contributed by atoms with Crippen LogP contribution in [0.15, 0.2) is 41.2 Å².